The van der Waals surface area contributed by atoms with Gasteiger partial charge in [-0.2, -0.15) is 0 Å². The first-order chi connectivity index (χ1) is 38.5. The van der Waals surface area contributed by atoms with E-state index in [1.54, 1.807) is 6.07 Å². The van der Waals surface area contributed by atoms with Crippen molar-refractivity contribution in [2.75, 3.05) is 33.3 Å². The maximum absolute atomic E-state index is 15.3. The molecule has 0 aromatic heterocycles. The van der Waals surface area contributed by atoms with Crippen molar-refractivity contribution in [2.24, 2.45) is 52.3 Å². The average Bonchev–Trinajstić information content (AvgIpc) is 2.51. The van der Waals surface area contributed by atoms with Gasteiger partial charge in [-0.05, 0) is 233 Å². The molecule has 0 amide bonds. The summed E-state index contributed by atoms with van der Waals surface area (Å²) < 4.78 is 13.5. The number of aliphatic hydroxyl groups excluding tert-OH is 2. The summed E-state index contributed by atoms with van der Waals surface area (Å²) in [5.41, 5.74) is 9.95. The number of fused-ring (bicyclic) bond motifs is 5. The lowest BCUT2D eigenvalue weighted by atomic mass is 9.44. The number of hydrogen-bond acceptors (Lipinski definition) is 11. The zero-order valence-corrected chi connectivity index (χ0v) is 46.6. The third kappa shape index (κ3) is 10.1. The zero-order chi connectivity index (χ0) is 54.4. The van der Waals surface area contributed by atoms with Crippen molar-refractivity contribution in [1.29, 1.82) is 0 Å². The monoisotopic (exact) mass is 1070 g/mol. The van der Waals surface area contributed by atoms with Crippen LogP contribution in [0, 0.1) is 52.3 Å². The van der Waals surface area contributed by atoms with Gasteiger partial charge in [-0.25, -0.2) is 9.59 Å². The average molecular weight is 1070 g/mol. The highest BCUT2D eigenvalue weighted by Crippen LogP contribution is 2.72. The van der Waals surface area contributed by atoms with Crippen LogP contribution in [0.2, 0.25) is 0 Å². The summed E-state index contributed by atoms with van der Waals surface area (Å²) in [7, 11) is 2.04. The molecule has 4 fully saturated rings. The van der Waals surface area contributed by atoms with E-state index in [0.29, 0.717) is 54.9 Å². The van der Waals surface area contributed by atoms with Crippen molar-refractivity contribution in [1.82, 2.24) is 21.3 Å². The smallest absolute Gasteiger partial charge is 0.340 e. The van der Waals surface area contributed by atoms with E-state index < -0.39 is 11.5 Å². The van der Waals surface area contributed by atoms with Crippen LogP contribution in [0.5, 0.6) is 5.75 Å². The summed E-state index contributed by atoms with van der Waals surface area (Å²) >= 11 is 0. The van der Waals surface area contributed by atoms with E-state index in [9.17, 15) is 15.3 Å². The minimum Gasteiger partial charge on any atom is -0.508 e. The van der Waals surface area contributed by atoms with Crippen molar-refractivity contribution in [2.45, 2.75) is 129 Å². The molecule has 5 heterocycles. The molecule has 4 aromatic carbocycles. The number of hydrogen-bond donors (Lipinski definition) is 7. The van der Waals surface area contributed by atoms with Gasteiger partial charge in [-0.15, -0.1) is 0 Å². The van der Waals surface area contributed by atoms with Crippen molar-refractivity contribution < 1.29 is 34.4 Å². The molecular formula is C68H82N4O7. The van der Waals surface area contributed by atoms with Gasteiger partial charge < -0.3 is 46.1 Å². The molecule has 4 aromatic rings. The Bertz CT molecular complexity index is 3070. The summed E-state index contributed by atoms with van der Waals surface area (Å²) in [4.78, 5) is 30.6. The number of ether oxygens (including phenoxy) is 2. The van der Waals surface area contributed by atoms with Crippen LogP contribution >= 0.6 is 0 Å². The molecule has 14 bridgehead atoms. The van der Waals surface area contributed by atoms with Gasteiger partial charge in [0.2, 0.25) is 0 Å². The number of rotatable bonds is 12. The number of esters is 2. The number of allylic oxidation sites excluding steroid dienone is 5. The highest BCUT2D eigenvalue weighted by Gasteiger charge is 2.69. The summed E-state index contributed by atoms with van der Waals surface area (Å²) in [6.45, 7) is 7.00. The summed E-state index contributed by atoms with van der Waals surface area (Å²) in [6.07, 6.45) is 16.0. The van der Waals surface area contributed by atoms with Gasteiger partial charge in [0.1, 0.15) is 17.3 Å². The Balaban J connectivity index is 1.04. The first-order valence-electron chi connectivity index (χ1n) is 30.0. The van der Waals surface area contributed by atoms with Crippen molar-refractivity contribution in [3.05, 3.63) is 165 Å². The highest BCUT2D eigenvalue weighted by molar-refractivity contribution is 6.07. The number of aliphatic hydroxyl groups is 2. The van der Waals surface area contributed by atoms with Gasteiger partial charge in [0.25, 0.3) is 0 Å². The Morgan fingerprint density at radius 3 is 2.53 bits per heavy atom. The van der Waals surface area contributed by atoms with E-state index >= 15 is 9.59 Å². The van der Waals surface area contributed by atoms with Crippen LogP contribution < -0.4 is 21.3 Å². The lowest BCUT2D eigenvalue weighted by Crippen LogP contribution is -2.52. The molecule has 79 heavy (non-hydrogen) atoms. The van der Waals surface area contributed by atoms with Gasteiger partial charge in [0, 0.05) is 42.8 Å². The number of aromatic hydroxyl groups is 1. The molecule has 5 aliphatic heterocycles. The fourth-order valence-electron chi connectivity index (χ4n) is 16.9. The molecule has 5 aliphatic carbocycles. The van der Waals surface area contributed by atoms with E-state index in [0.717, 1.165) is 129 Å². The van der Waals surface area contributed by atoms with E-state index in [2.05, 4.69) is 113 Å². The van der Waals surface area contributed by atoms with Crippen molar-refractivity contribution in [3.8, 4) is 16.9 Å². The third-order valence-corrected chi connectivity index (χ3v) is 20.4. The van der Waals surface area contributed by atoms with Gasteiger partial charge in [0.15, 0.2) is 0 Å². The number of cyclic esters (lactones) is 1. The zero-order valence-electron chi connectivity index (χ0n) is 46.6. The molecule has 14 rings (SSSR count). The predicted octanol–water partition coefficient (Wildman–Crippen LogP) is 10.8. The van der Waals surface area contributed by atoms with E-state index in [1.165, 1.54) is 16.7 Å². The van der Waals surface area contributed by atoms with Crippen LogP contribution in [0.25, 0.3) is 16.7 Å². The second kappa shape index (κ2) is 22.7. The number of benzene rings is 4. The minimum atomic E-state index is -0.909. The van der Waals surface area contributed by atoms with Gasteiger partial charge >= 0.3 is 11.9 Å². The van der Waals surface area contributed by atoms with Gasteiger partial charge in [-0.1, -0.05) is 85.8 Å². The molecule has 11 nitrogen and oxygen atoms in total. The van der Waals surface area contributed by atoms with Crippen molar-refractivity contribution >= 4 is 17.5 Å². The maximum Gasteiger partial charge on any atom is 0.340 e. The predicted molar refractivity (Wildman–Crippen MR) is 309 cm³/mol. The number of phenols is 1. The van der Waals surface area contributed by atoms with Crippen LogP contribution in [-0.2, 0) is 38.4 Å². The van der Waals surface area contributed by atoms with Crippen LogP contribution in [0.4, 0.5) is 0 Å². The third-order valence-electron chi connectivity index (χ3n) is 20.4. The molecule has 2 saturated heterocycles. The largest absolute Gasteiger partial charge is 0.508 e. The normalized spacial score (nSPS) is 31.6. The fourth-order valence-corrected chi connectivity index (χ4v) is 16.9. The van der Waals surface area contributed by atoms with Gasteiger partial charge in [0.05, 0.1) is 23.3 Å². The molecular weight excluding hydrogens is 985 g/mol. The Morgan fingerprint density at radius 2 is 1.71 bits per heavy atom. The van der Waals surface area contributed by atoms with Crippen LogP contribution in [0.3, 0.4) is 0 Å². The first-order valence-corrected chi connectivity index (χ1v) is 30.0. The topological polar surface area (TPSA) is 161 Å². The standard InChI is InChI=1S/C68H82N4O7/c1-4-42(31-43-11-6-5-7-12-43)34-58-68-27-22-52-53-20-21-54-57(78-65(76)61(54)62(53)68)23-26-67(49-25-29-71-59(35-49)69-3)37-48(17-10-30-73)56(38-67)64(72-39-41(2)74)47-16-8-13-44(32-47)24-28-70-40-45-14-9-15-46(33-45)51-19-18-50(75)36-55(51)60(52)63(68)66(77)79-58/h5-9,11-16,18-19,23,32-34,36,41-42,48-49,52-53,56,59,62,64,69-75H,4,10,17,20-22,24-31,35,37-40H2,1-3H3. The lowest BCUT2D eigenvalue weighted by Gasteiger charge is -2.56. The SMILES string of the molecule is CCC(C=C1OC(=O)C2=C3c4cc(O)ccc4-c4cccc(c4)CNCCc4cccc(c4)C(NCC(C)O)C4CC(C5CCNC(NC)C5)(CC=C5OC(=O)C6=C5CCC5C3CCC12C65)CC4CCCO)Cc1ccccc1. The molecule has 2 saturated carbocycles. The van der Waals surface area contributed by atoms with E-state index in [-0.39, 0.29) is 71.5 Å². The minimum absolute atomic E-state index is 0.0230. The molecule has 12 unspecified atom stereocenters. The number of carbonyl (C=O) groups is 2. The first kappa shape index (κ1) is 54.0. The Hall–Kier alpha value is -5.66. The molecule has 0 radical (unpaired) electrons. The number of carbonyl (C=O) groups excluding carboxylic acids is 2. The lowest BCUT2D eigenvalue weighted by molar-refractivity contribution is -0.135. The van der Waals surface area contributed by atoms with E-state index in [4.69, 9.17) is 9.47 Å². The summed E-state index contributed by atoms with van der Waals surface area (Å²) in [5, 5.41) is 47.7. The number of piperidine rings is 1. The van der Waals surface area contributed by atoms with E-state index in [1.807, 2.05) is 32.2 Å². The second-order valence-electron chi connectivity index (χ2n) is 24.8. The quantitative estimate of drug-likeness (QED) is 0.0677. The molecule has 1 spiro atoms. The van der Waals surface area contributed by atoms with Crippen LogP contribution in [0.1, 0.15) is 125 Å². The van der Waals surface area contributed by atoms with Crippen LogP contribution in [-0.4, -0.2) is 72.8 Å². The van der Waals surface area contributed by atoms with Crippen LogP contribution in [0.15, 0.2) is 137 Å². The molecule has 12 atom stereocenters. The molecule has 10 aliphatic rings. The highest BCUT2D eigenvalue weighted by atomic mass is 16.6. The maximum atomic E-state index is 15.3. The molecule has 7 N–H and O–H groups in total. The Kier molecular flexibility index (Phi) is 15.5. The van der Waals surface area contributed by atoms with Gasteiger partial charge in [-0.3, -0.25) is 0 Å². The number of phenolic OH excluding ortho intramolecular Hbond substituents is 1. The Labute approximate surface area is 467 Å². The van der Waals surface area contributed by atoms with Crippen molar-refractivity contribution in [3.63, 3.8) is 0 Å². The fraction of sp³-hybridized carbons (Fsp3) is 0.500. The Morgan fingerprint density at radius 1 is 0.861 bits per heavy atom. The summed E-state index contributed by atoms with van der Waals surface area (Å²) in [5.74, 6) is 1.49. The second-order valence-corrected chi connectivity index (χ2v) is 24.8. The summed E-state index contributed by atoms with van der Waals surface area (Å²) in [6, 6.07) is 33.8. The molecule has 11 heteroatoms. The molecule has 416 valence electrons. The number of nitrogens with one attached hydrogen (secondary N) is 4.